The fraction of sp³-hybridized carbons (Fsp3) is 0.421. The molecule has 1 aliphatic rings. The smallest absolute Gasteiger partial charge is 0.268 e. The SMILES string of the molecule is C[C@@H](C(=O)NCc1ccccc1)N1CCN(c2cnn(C)c(=O)c2)CC1. The average Bonchev–Trinajstić information content (AvgIpc) is 2.68. The van der Waals surface area contributed by atoms with Gasteiger partial charge in [0.2, 0.25) is 5.91 Å². The van der Waals surface area contributed by atoms with E-state index in [4.69, 9.17) is 0 Å². The monoisotopic (exact) mass is 355 g/mol. The minimum Gasteiger partial charge on any atom is -0.368 e. The number of amides is 1. The highest BCUT2D eigenvalue weighted by Crippen LogP contribution is 2.14. The Labute approximate surface area is 153 Å². The summed E-state index contributed by atoms with van der Waals surface area (Å²) in [6.07, 6.45) is 1.72. The third-order valence-corrected chi connectivity index (χ3v) is 4.87. The normalized spacial score (nSPS) is 16.3. The summed E-state index contributed by atoms with van der Waals surface area (Å²) in [4.78, 5) is 28.5. The van der Waals surface area contributed by atoms with Crippen LogP contribution >= 0.6 is 0 Å². The molecule has 7 heteroatoms. The summed E-state index contributed by atoms with van der Waals surface area (Å²) in [5.41, 5.74) is 1.82. The van der Waals surface area contributed by atoms with Crippen molar-refractivity contribution in [3.63, 3.8) is 0 Å². The first-order valence-electron chi connectivity index (χ1n) is 8.88. The van der Waals surface area contributed by atoms with Crippen molar-refractivity contribution in [3.05, 3.63) is 58.5 Å². The minimum absolute atomic E-state index is 0.0394. The van der Waals surface area contributed by atoms with Crippen LogP contribution in [-0.2, 0) is 18.4 Å². The molecular formula is C19H25N5O2. The van der Waals surface area contributed by atoms with Gasteiger partial charge >= 0.3 is 0 Å². The molecule has 1 fully saturated rings. The van der Waals surface area contributed by atoms with Gasteiger partial charge in [-0.2, -0.15) is 5.10 Å². The number of hydrogen-bond acceptors (Lipinski definition) is 5. The van der Waals surface area contributed by atoms with E-state index in [9.17, 15) is 9.59 Å². The van der Waals surface area contributed by atoms with E-state index >= 15 is 0 Å². The van der Waals surface area contributed by atoms with Crippen LogP contribution in [-0.4, -0.2) is 52.8 Å². The third-order valence-electron chi connectivity index (χ3n) is 4.87. The summed E-state index contributed by atoms with van der Waals surface area (Å²) in [6.45, 7) is 5.57. The third kappa shape index (κ3) is 4.29. The molecule has 1 amide bonds. The average molecular weight is 355 g/mol. The van der Waals surface area contributed by atoms with Crippen LogP contribution in [0.1, 0.15) is 12.5 Å². The van der Waals surface area contributed by atoms with Crippen molar-refractivity contribution in [1.82, 2.24) is 20.0 Å². The Balaban J connectivity index is 1.51. The first-order valence-corrected chi connectivity index (χ1v) is 8.88. The van der Waals surface area contributed by atoms with Gasteiger partial charge in [-0.3, -0.25) is 14.5 Å². The maximum Gasteiger partial charge on any atom is 0.268 e. The lowest BCUT2D eigenvalue weighted by molar-refractivity contribution is -0.126. The molecule has 1 saturated heterocycles. The molecule has 0 aliphatic carbocycles. The highest BCUT2D eigenvalue weighted by Gasteiger charge is 2.25. The molecule has 2 aromatic rings. The van der Waals surface area contributed by atoms with Crippen molar-refractivity contribution >= 4 is 11.6 Å². The molecule has 1 atom stereocenters. The van der Waals surface area contributed by atoms with Crippen LogP contribution in [0.25, 0.3) is 0 Å². The molecule has 0 unspecified atom stereocenters. The quantitative estimate of drug-likeness (QED) is 0.851. The zero-order chi connectivity index (χ0) is 18.5. The van der Waals surface area contributed by atoms with E-state index in [0.29, 0.717) is 6.54 Å². The van der Waals surface area contributed by atoms with Crippen molar-refractivity contribution in [2.45, 2.75) is 19.5 Å². The lowest BCUT2D eigenvalue weighted by atomic mass is 10.2. The van der Waals surface area contributed by atoms with Gasteiger partial charge in [-0.25, -0.2) is 4.68 Å². The molecule has 1 aliphatic heterocycles. The standard InChI is InChI=1S/C19H25N5O2/c1-15(19(26)20-13-16-6-4-3-5-7-16)23-8-10-24(11-9-23)17-12-18(25)22(2)21-14-17/h3-7,12,14-15H,8-11,13H2,1-2H3,(H,20,26)/t15-/m0/s1. The van der Waals surface area contributed by atoms with Crippen LogP contribution in [0.5, 0.6) is 0 Å². The second-order valence-corrected chi connectivity index (χ2v) is 6.58. The molecule has 0 bridgehead atoms. The van der Waals surface area contributed by atoms with Crippen LogP contribution < -0.4 is 15.8 Å². The number of benzene rings is 1. The first-order chi connectivity index (χ1) is 12.5. The van der Waals surface area contributed by atoms with Gasteiger partial charge < -0.3 is 10.2 Å². The number of rotatable bonds is 5. The highest BCUT2D eigenvalue weighted by molar-refractivity contribution is 5.81. The van der Waals surface area contributed by atoms with E-state index in [0.717, 1.165) is 37.4 Å². The Bertz CT molecular complexity index is 797. The maximum atomic E-state index is 12.4. The molecule has 1 aromatic carbocycles. The number of carbonyl (C=O) groups excluding carboxylic acids is 1. The van der Waals surface area contributed by atoms with E-state index in [1.165, 1.54) is 4.68 Å². The Morgan fingerprint density at radius 2 is 1.88 bits per heavy atom. The number of nitrogens with zero attached hydrogens (tertiary/aromatic N) is 4. The van der Waals surface area contributed by atoms with Crippen LogP contribution in [0, 0.1) is 0 Å². The van der Waals surface area contributed by atoms with E-state index < -0.39 is 0 Å². The molecule has 26 heavy (non-hydrogen) atoms. The van der Waals surface area contributed by atoms with Gasteiger partial charge in [0.05, 0.1) is 17.9 Å². The van der Waals surface area contributed by atoms with E-state index in [1.54, 1.807) is 19.3 Å². The number of nitrogens with one attached hydrogen (secondary N) is 1. The van der Waals surface area contributed by atoms with Crippen molar-refractivity contribution in [2.75, 3.05) is 31.1 Å². The molecule has 1 N–H and O–H groups in total. The van der Waals surface area contributed by atoms with Crippen LogP contribution in [0.15, 0.2) is 47.4 Å². The van der Waals surface area contributed by atoms with Crippen molar-refractivity contribution in [2.24, 2.45) is 7.05 Å². The van der Waals surface area contributed by atoms with Crippen molar-refractivity contribution in [1.29, 1.82) is 0 Å². The molecule has 3 rings (SSSR count). The maximum absolute atomic E-state index is 12.4. The fourth-order valence-corrected chi connectivity index (χ4v) is 3.10. The zero-order valence-electron chi connectivity index (χ0n) is 15.3. The minimum atomic E-state index is -0.178. The summed E-state index contributed by atoms with van der Waals surface area (Å²) >= 11 is 0. The number of aromatic nitrogens is 2. The summed E-state index contributed by atoms with van der Waals surface area (Å²) in [6, 6.07) is 11.3. The predicted octanol–water partition coefficient (Wildman–Crippen LogP) is 0.607. The molecule has 0 saturated carbocycles. The number of anilines is 1. The second-order valence-electron chi connectivity index (χ2n) is 6.58. The van der Waals surface area contributed by atoms with Gasteiger partial charge in [-0.1, -0.05) is 30.3 Å². The molecule has 1 aromatic heterocycles. The number of piperazine rings is 1. The van der Waals surface area contributed by atoms with E-state index in [2.05, 4.69) is 20.2 Å². The Morgan fingerprint density at radius 1 is 1.19 bits per heavy atom. The van der Waals surface area contributed by atoms with Gasteiger partial charge in [0, 0.05) is 45.8 Å². The number of hydrogen-bond donors (Lipinski definition) is 1. The summed E-state index contributed by atoms with van der Waals surface area (Å²) < 4.78 is 1.32. The largest absolute Gasteiger partial charge is 0.368 e. The summed E-state index contributed by atoms with van der Waals surface area (Å²) in [5, 5.41) is 7.08. The Hall–Kier alpha value is -2.67. The van der Waals surface area contributed by atoms with E-state index in [-0.39, 0.29) is 17.5 Å². The number of carbonyl (C=O) groups is 1. The molecule has 7 nitrogen and oxygen atoms in total. The van der Waals surface area contributed by atoms with Crippen LogP contribution in [0.4, 0.5) is 5.69 Å². The van der Waals surface area contributed by atoms with Gasteiger partial charge in [-0.15, -0.1) is 0 Å². The van der Waals surface area contributed by atoms with Gasteiger partial charge in [-0.05, 0) is 12.5 Å². The van der Waals surface area contributed by atoms with Crippen LogP contribution in [0.2, 0.25) is 0 Å². The molecule has 138 valence electrons. The topological polar surface area (TPSA) is 70.5 Å². The molecule has 0 radical (unpaired) electrons. The summed E-state index contributed by atoms with van der Waals surface area (Å²) in [7, 11) is 1.64. The van der Waals surface area contributed by atoms with Gasteiger partial charge in [0.15, 0.2) is 0 Å². The second kappa shape index (κ2) is 8.14. The first kappa shape index (κ1) is 18.1. The molecule has 0 spiro atoms. The number of aryl methyl sites for hydroxylation is 1. The summed E-state index contributed by atoms with van der Waals surface area (Å²) in [5.74, 6) is 0.0394. The predicted molar refractivity (Wildman–Crippen MR) is 101 cm³/mol. The fourth-order valence-electron chi connectivity index (χ4n) is 3.10. The lowest BCUT2D eigenvalue weighted by Crippen LogP contribution is -2.54. The van der Waals surface area contributed by atoms with Crippen molar-refractivity contribution < 1.29 is 4.79 Å². The molecular weight excluding hydrogens is 330 g/mol. The van der Waals surface area contributed by atoms with Crippen molar-refractivity contribution in [3.8, 4) is 0 Å². The zero-order valence-corrected chi connectivity index (χ0v) is 15.3. The lowest BCUT2D eigenvalue weighted by Gasteiger charge is -2.38. The van der Waals surface area contributed by atoms with Gasteiger partial charge in [0.1, 0.15) is 0 Å². The Morgan fingerprint density at radius 3 is 2.54 bits per heavy atom. The Kier molecular flexibility index (Phi) is 5.68. The van der Waals surface area contributed by atoms with Crippen LogP contribution in [0.3, 0.4) is 0 Å². The van der Waals surface area contributed by atoms with E-state index in [1.807, 2.05) is 37.3 Å². The van der Waals surface area contributed by atoms with Gasteiger partial charge in [0.25, 0.3) is 5.56 Å². The highest BCUT2D eigenvalue weighted by atomic mass is 16.2. The molecule has 2 heterocycles.